The van der Waals surface area contributed by atoms with E-state index in [0.29, 0.717) is 11.0 Å². The third-order valence-corrected chi connectivity index (χ3v) is 4.48. The second kappa shape index (κ2) is 7.79. The molecule has 2 N–H and O–H groups in total. The summed E-state index contributed by atoms with van der Waals surface area (Å²) in [5.74, 6) is 0.245. The van der Waals surface area contributed by atoms with Crippen LogP contribution in [-0.4, -0.2) is 31.3 Å². The number of H-pyrrole nitrogens is 1. The number of nitro benzene ring substituents is 1. The molecule has 9 heteroatoms. The molecular formula is C17H15N5O3S. The first-order valence-electron chi connectivity index (χ1n) is 7.73. The van der Waals surface area contributed by atoms with Crippen LogP contribution in [-0.2, 0) is 4.79 Å². The number of hydrogen-bond acceptors (Lipinski definition) is 6. The highest BCUT2D eigenvalue weighted by molar-refractivity contribution is 8.00. The van der Waals surface area contributed by atoms with Gasteiger partial charge in [-0.15, -0.1) is 5.10 Å². The fraction of sp³-hybridized carbons (Fsp3) is 0.118. The molecule has 2 aromatic carbocycles. The SMILES string of the molecule is C[C@H](Sc1n[nH]c(-c2ccccc2)n1)C(=O)Nc1ccccc1[N+](=O)[O-]. The average Bonchev–Trinajstić information content (AvgIpc) is 3.11. The number of aromatic nitrogens is 3. The van der Waals surface area contributed by atoms with Gasteiger partial charge in [0.1, 0.15) is 5.69 Å². The standard InChI is InChI=1S/C17H15N5O3S/c1-11(16(23)18-13-9-5-6-10-14(13)22(24)25)26-17-19-15(20-21-17)12-7-3-2-4-8-12/h2-11H,1H3,(H,18,23)(H,19,20,21)/t11-/m0/s1. The molecule has 0 radical (unpaired) electrons. The number of nitrogens with one attached hydrogen (secondary N) is 2. The molecule has 0 spiro atoms. The van der Waals surface area contributed by atoms with Crippen molar-refractivity contribution in [2.75, 3.05) is 5.32 Å². The summed E-state index contributed by atoms with van der Waals surface area (Å²) in [5, 5.41) is 20.4. The van der Waals surface area contributed by atoms with Gasteiger partial charge in [-0.05, 0) is 13.0 Å². The summed E-state index contributed by atoms with van der Waals surface area (Å²) in [5.41, 5.74) is 0.904. The van der Waals surface area contributed by atoms with Crippen molar-refractivity contribution in [3.8, 4) is 11.4 Å². The summed E-state index contributed by atoms with van der Waals surface area (Å²) >= 11 is 1.17. The van der Waals surface area contributed by atoms with E-state index in [-0.39, 0.29) is 17.3 Å². The molecule has 0 bridgehead atoms. The van der Waals surface area contributed by atoms with Crippen molar-refractivity contribution in [3.63, 3.8) is 0 Å². The molecule has 26 heavy (non-hydrogen) atoms. The van der Waals surface area contributed by atoms with E-state index in [2.05, 4.69) is 20.5 Å². The summed E-state index contributed by atoms with van der Waals surface area (Å²) in [6, 6.07) is 15.5. The van der Waals surface area contributed by atoms with Crippen molar-refractivity contribution in [2.45, 2.75) is 17.3 Å². The molecule has 0 saturated carbocycles. The number of nitro groups is 1. The van der Waals surface area contributed by atoms with Gasteiger partial charge in [0.05, 0.1) is 10.2 Å². The van der Waals surface area contributed by atoms with Gasteiger partial charge < -0.3 is 5.32 Å². The molecule has 3 aromatic rings. The van der Waals surface area contributed by atoms with E-state index >= 15 is 0 Å². The first kappa shape index (κ1) is 17.6. The normalized spacial score (nSPS) is 11.7. The Bertz CT molecular complexity index is 929. The van der Waals surface area contributed by atoms with Gasteiger partial charge in [0, 0.05) is 11.6 Å². The molecule has 8 nitrogen and oxygen atoms in total. The lowest BCUT2D eigenvalue weighted by Gasteiger charge is -2.10. The maximum absolute atomic E-state index is 12.3. The molecule has 1 amide bonds. The average molecular weight is 369 g/mol. The van der Waals surface area contributed by atoms with Crippen molar-refractivity contribution in [2.24, 2.45) is 0 Å². The Kier molecular flexibility index (Phi) is 5.28. The maximum atomic E-state index is 12.3. The van der Waals surface area contributed by atoms with E-state index < -0.39 is 10.2 Å². The predicted octanol–water partition coefficient (Wildman–Crippen LogP) is 3.50. The van der Waals surface area contributed by atoms with Crippen molar-refractivity contribution in [1.29, 1.82) is 0 Å². The lowest BCUT2D eigenvalue weighted by Crippen LogP contribution is -2.23. The second-order valence-corrected chi connectivity index (χ2v) is 6.66. The fourth-order valence-corrected chi connectivity index (χ4v) is 2.93. The van der Waals surface area contributed by atoms with E-state index in [9.17, 15) is 14.9 Å². The predicted molar refractivity (Wildman–Crippen MR) is 98.9 cm³/mol. The Morgan fingerprint density at radius 2 is 1.88 bits per heavy atom. The van der Waals surface area contributed by atoms with Gasteiger partial charge in [0.15, 0.2) is 5.82 Å². The zero-order valence-electron chi connectivity index (χ0n) is 13.7. The number of thioether (sulfide) groups is 1. The first-order valence-corrected chi connectivity index (χ1v) is 8.61. The lowest BCUT2D eigenvalue weighted by atomic mass is 10.2. The smallest absolute Gasteiger partial charge is 0.292 e. The van der Waals surface area contributed by atoms with Crippen molar-refractivity contribution in [3.05, 3.63) is 64.7 Å². The summed E-state index contributed by atoms with van der Waals surface area (Å²) in [6.45, 7) is 1.69. The monoisotopic (exact) mass is 369 g/mol. The second-order valence-electron chi connectivity index (χ2n) is 5.36. The van der Waals surface area contributed by atoms with E-state index in [1.807, 2.05) is 30.3 Å². The third-order valence-electron chi connectivity index (χ3n) is 3.52. The number of carbonyl (C=O) groups is 1. The Balaban J connectivity index is 1.67. The zero-order valence-corrected chi connectivity index (χ0v) is 14.6. The number of carbonyl (C=O) groups excluding carboxylic acids is 1. The fourth-order valence-electron chi connectivity index (χ4n) is 2.21. The van der Waals surface area contributed by atoms with Gasteiger partial charge in [-0.25, -0.2) is 4.98 Å². The molecule has 1 atom stereocenters. The van der Waals surface area contributed by atoms with Gasteiger partial charge in [0.2, 0.25) is 11.1 Å². The molecule has 1 aromatic heterocycles. The number of amides is 1. The van der Waals surface area contributed by atoms with Crippen LogP contribution in [0.2, 0.25) is 0 Å². The molecule has 0 saturated heterocycles. The number of nitrogens with zero attached hydrogens (tertiary/aromatic N) is 3. The minimum Gasteiger partial charge on any atom is -0.319 e. The van der Waals surface area contributed by atoms with Gasteiger partial charge in [-0.1, -0.05) is 54.2 Å². The van der Waals surface area contributed by atoms with Gasteiger partial charge in [0.25, 0.3) is 5.69 Å². The first-order chi connectivity index (χ1) is 12.5. The maximum Gasteiger partial charge on any atom is 0.292 e. The van der Waals surface area contributed by atoms with Crippen LogP contribution >= 0.6 is 11.8 Å². The number of rotatable bonds is 6. The Labute approximate surface area is 153 Å². The van der Waals surface area contributed by atoms with Crippen molar-refractivity contribution >= 4 is 29.0 Å². The highest BCUT2D eigenvalue weighted by Crippen LogP contribution is 2.26. The number of aromatic amines is 1. The summed E-state index contributed by atoms with van der Waals surface area (Å²) in [6.07, 6.45) is 0. The molecule has 0 fully saturated rings. The molecule has 1 heterocycles. The van der Waals surface area contributed by atoms with Crippen LogP contribution < -0.4 is 5.32 Å². The van der Waals surface area contributed by atoms with Crippen LogP contribution in [0.15, 0.2) is 59.8 Å². The van der Waals surface area contributed by atoms with E-state index in [1.165, 1.54) is 23.9 Å². The van der Waals surface area contributed by atoms with Gasteiger partial charge in [-0.2, -0.15) is 0 Å². The molecule has 0 unspecified atom stereocenters. The Morgan fingerprint density at radius 3 is 2.62 bits per heavy atom. The van der Waals surface area contributed by atoms with Crippen LogP contribution in [0.3, 0.4) is 0 Å². The molecular weight excluding hydrogens is 354 g/mol. The molecule has 132 valence electrons. The minimum atomic E-state index is -0.533. The number of benzene rings is 2. The summed E-state index contributed by atoms with van der Waals surface area (Å²) in [7, 11) is 0. The van der Waals surface area contributed by atoms with Gasteiger partial charge in [-0.3, -0.25) is 20.0 Å². The van der Waals surface area contributed by atoms with E-state index in [1.54, 1.807) is 19.1 Å². The largest absolute Gasteiger partial charge is 0.319 e. The third kappa shape index (κ3) is 4.06. The number of hydrogen-bond donors (Lipinski definition) is 2. The molecule has 0 aliphatic heterocycles. The number of para-hydroxylation sites is 2. The quantitative estimate of drug-likeness (QED) is 0.390. The Morgan fingerprint density at radius 1 is 1.19 bits per heavy atom. The van der Waals surface area contributed by atoms with E-state index in [0.717, 1.165) is 5.56 Å². The highest BCUT2D eigenvalue weighted by Gasteiger charge is 2.21. The van der Waals surface area contributed by atoms with E-state index in [4.69, 9.17) is 0 Å². The van der Waals surface area contributed by atoms with Crippen molar-refractivity contribution in [1.82, 2.24) is 15.2 Å². The van der Waals surface area contributed by atoms with Crippen molar-refractivity contribution < 1.29 is 9.72 Å². The molecule has 0 aliphatic rings. The minimum absolute atomic E-state index is 0.151. The summed E-state index contributed by atoms with van der Waals surface area (Å²) in [4.78, 5) is 27.2. The summed E-state index contributed by atoms with van der Waals surface area (Å²) < 4.78 is 0. The van der Waals surface area contributed by atoms with Gasteiger partial charge >= 0.3 is 0 Å². The van der Waals surface area contributed by atoms with Crippen LogP contribution in [0.5, 0.6) is 0 Å². The molecule has 0 aliphatic carbocycles. The highest BCUT2D eigenvalue weighted by atomic mass is 32.2. The molecule has 3 rings (SSSR count). The lowest BCUT2D eigenvalue weighted by molar-refractivity contribution is -0.383. The Hall–Kier alpha value is -3.20. The van der Waals surface area contributed by atoms with Crippen LogP contribution in [0.25, 0.3) is 11.4 Å². The van der Waals surface area contributed by atoms with Crippen LogP contribution in [0, 0.1) is 10.1 Å². The van der Waals surface area contributed by atoms with Crippen LogP contribution in [0.1, 0.15) is 6.92 Å². The topological polar surface area (TPSA) is 114 Å². The van der Waals surface area contributed by atoms with Crippen LogP contribution in [0.4, 0.5) is 11.4 Å². The number of anilines is 1. The zero-order chi connectivity index (χ0) is 18.5.